The van der Waals surface area contributed by atoms with Gasteiger partial charge in [-0.2, -0.15) is 26.3 Å². The number of aromatic nitrogens is 2. The number of hydrogen-bond acceptors (Lipinski definition) is 6. The maximum Gasteiger partial charge on any atom is 0.427 e. The van der Waals surface area contributed by atoms with Crippen LogP contribution in [0.5, 0.6) is 0 Å². The lowest BCUT2D eigenvalue weighted by Crippen LogP contribution is -2.59. The van der Waals surface area contributed by atoms with Crippen LogP contribution in [0.1, 0.15) is 22.3 Å². The van der Waals surface area contributed by atoms with Gasteiger partial charge >= 0.3 is 18.0 Å². The smallest absolute Gasteiger partial charge is 0.325 e. The van der Waals surface area contributed by atoms with Crippen LogP contribution < -0.4 is 16.6 Å². The molecule has 4 rings (SSSR count). The molecule has 1 aromatic heterocycles. The second kappa shape index (κ2) is 8.31. The monoisotopic (exact) mass is 527 g/mol. The van der Waals surface area contributed by atoms with Gasteiger partial charge in [0.15, 0.2) is 0 Å². The standard InChI is InChI=1S/C22H15F6N5O4/c1-10-6-7-13(8-11(10)2)32-17-15(18(34)30-19(32)35)20(21(23,24)25,22(26,27)28)31-16(29-17)12-4-3-5-14(9-12)33(36)37/h3-9H,1-2H3,(H,29,31)(H,30,34,35). The maximum atomic E-state index is 14.4. The fraction of sp³-hybridized carbons (Fsp3) is 0.227. The summed E-state index contributed by atoms with van der Waals surface area (Å²) in [6, 6.07) is 7.78. The van der Waals surface area contributed by atoms with Crippen LogP contribution in [-0.2, 0) is 5.54 Å². The summed E-state index contributed by atoms with van der Waals surface area (Å²) in [5.41, 5.74) is -10.3. The van der Waals surface area contributed by atoms with E-state index < -0.39 is 62.5 Å². The number of non-ortho nitro benzene ring substituents is 1. The van der Waals surface area contributed by atoms with E-state index in [4.69, 9.17) is 0 Å². The molecule has 0 unspecified atom stereocenters. The van der Waals surface area contributed by atoms with Crippen molar-refractivity contribution < 1.29 is 31.3 Å². The molecule has 2 N–H and O–H groups in total. The second-order valence-corrected chi connectivity index (χ2v) is 8.19. The average molecular weight is 527 g/mol. The zero-order valence-corrected chi connectivity index (χ0v) is 18.8. The molecule has 194 valence electrons. The first-order valence-corrected chi connectivity index (χ1v) is 10.3. The lowest BCUT2D eigenvalue weighted by Gasteiger charge is -2.38. The Morgan fingerprint density at radius 2 is 1.62 bits per heavy atom. The van der Waals surface area contributed by atoms with Gasteiger partial charge in [-0.3, -0.25) is 19.9 Å². The van der Waals surface area contributed by atoms with Gasteiger partial charge in [0.25, 0.3) is 16.8 Å². The van der Waals surface area contributed by atoms with Crippen LogP contribution in [0.15, 0.2) is 57.0 Å². The minimum atomic E-state index is -6.22. The normalized spacial score (nSPS) is 15.0. The van der Waals surface area contributed by atoms with Gasteiger partial charge in [-0.05, 0) is 37.1 Å². The van der Waals surface area contributed by atoms with Gasteiger partial charge in [-0.1, -0.05) is 18.2 Å². The van der Waals surface area contributed by atoms with E-state index in [1.807, 2.05) is 0 Å². The molecular weight excluding hydrogens is 512 g/mol. The number of aryl methyl sites for hydroxylation is 2. The fourth-order valence-corrected chi connectivity index (χ4v) is 3.94. The number of rotatable bonds is 3. The summed E-state index contributed by atoms with van der Waals surface area (Å²) in [5, 5.41) is 13.4. The highest BCUT2D eigenvalue weighted by molar-refractivity contribution is 6.10. The van der Waals surface area contributed by atoms with Gasteiger partial charge in [-0.25, -0.2) is 14.4 Å². The number of alkyl halides is 6. The highest BCUT2D eigenvalue weighted by Gasteiger charge is 2.75. The number of aromatic amines is 1. The van der Waals surface area contributed by atoms with E-state index in [-0.39, 0.29) is 5.69 Å². The zero-order valence-electron chi connectivity index (χ0n) is 18.8. The van der Waals surface area contributed by atoms with Crippen LogP contribution in [0.3, 0.4) is 0 Å². The summed E-state index contributed by atoms with van der Waals surface area (Å²) in [6.07, 6.45) is -12.4. The third-order valence-electron chi connectivity index (χ3n) is 5.89. The number of nitro benzene ring substituents is 1. The minimum Gasteiger partial charge on any atom is -0.325 e. The Morgan fingerprint density at radius 1 is 0.973 bits per heavy atom. The summed E-state index contributed by atoms with van der Waals surface area (Å²) in [7, 11) is 0. The summed E-state index contributed by atoms with van der Waals surface area (Å²) in [6.45, 7) is 3.29. The molecule has 0 saturated carbocycles. The highest BCUT2D eigenvalue weighted by atomic mass is 19.4. The Morgan fingerprint density at radius 3 is 2.19 bits per heavy atom. The number of nitro groups is 1. The minimum absolute atomic E-state index is 0.147. The van der Waals surface area contributed by atoms with Gasteiger partial charge in [0, 0.05) is 17.7 Å². The number of benzene rings is 2. The Hall–Kier alpha value is -4.43. The van der Waals surface area contributed by atoms with E-state index in [0.29, 0.717) is 21.8 Å². The fourth-order valence-electron chi connectivity index (χ4n) is 3.94. The first kappa shape index (κ1) is 25.7. The van der Waals surface area contributed by atoms with Crippen molar-refractivity contribution in [3.8, 4) is 5.69 Å². The summed E-state index contributed by atoms with van der Waals surface area (Å²) >= 11 is 0. The van der Waals surface area contributed by atoms with E-state index >= 15 is 0 Å². The molecule has 0 fully saturated rings. The van der Waals surface area contributed by atoms with Crippen LogP contribution in [0.4, 0.5) is 37.8 Å². The molecule has 0 aliphatic carbocycles. The number of amidine groups is 1. The number of fused-ring (bicyclic) bond motifs is 1. The van der Waals surface area contributed by atoms with Gasteiger partial charge in [0.1, 0.15) is 17.2 Å². The van der Waals surface area contributed by atoms with Crippen molar-refractivity contribution in [1.29, 1.82) is 0 Å². The van der Waals surface area contributed by atoms with Crippen molar-refractivity contribution >= 4 is 17.3 Å². The van der Waals surface area contributed by atoms with E-state index in [9.17, 15) is 46.0 Å². The molecule has 0 atom stereocenters. The number of hydrogen-bond donors (Lipinski definition) is 2. The van der Waals surface area contributed by atoms with E-state index in [2.05, 4.69) is 10.3 Å². The van der Waals surface area contributed by atoms with Crippen LogP contribution in [0.2, 0.25) is 0 Å². The number of H-pyrrole nitrogens is 1. The SMILES string of the molecule is Cc1ccc(-n2c3c(c(=O)[nH]c2=O)C(C(F)(F)F)(C(F)(F)F)N=C(c2cccc([N+](=O)[O-])c2)N3)cc1C. The predicted octanol–water partition coefficient (Wildman–Crippen LogP) is 4.24. The van der Waals surface area contributed by atoms with E-state index in [0.717, 1.165) is 18.2 Å². The quantitative estimate of drug-likeness (QED) is 0.300. The van der Waals surface area contributed by atoms with Crippen molar-refractivity contribution in [1.82, 2.24) is 9.55 Å². The molecule has 15 heteroatoms. The summed E-state index contributed by atoms with van der Waals surface area (Å²) in [4.78, 5) is 40.1. The van der Waals surface area contributed by atoms with Gasteiger partial charge in [-0.15, -0.1) is 0 Å². The first-order valence-electron chi connectivity index (χ1n) is 10.3. The molecular formula is C22H15F6N5O4. The molecule has 0 bridgehead atoms. The van der Waals surface area contributed by atoms with Crippen molar-refractivity contribution in [3.05, 3.63) is 95.7 Å². The molecule has 3 aromatic rings. The van der Waals surface area contributed by atoms with E-state index in [1.54, 1.807) is 13.8 Å². The Balaban J connectivity index is 2.18. The van der Waals surface area contributed by atoms with Gasteiger partial charge in [0.05, 0.1) is 10.6 Å². The number of anilines is 1. The molecule has 9 nitrogen and oxygen atoms in total. The molecule has 2 heterocycles. The third-order valence-corrected chi connectivity index (χ3v) is 5.89. The van der Waals surface area contributed by atoms with Crippen molar-refractivity contribution in [2.75, 3.05) is 5.32 Å². The zero-order chi connectivity index (χ0) is 27.5. The van der Waals surface area contributed by atoms with Crippen LogP contribution in [0, 0.1) is 24.0 Å². The number of nitrogens with one attached hydrogen (secondary N) is 2. The van der Waals surface area contributed by atoms with Crippen LogP contribution in [-0.4, -0.2) is 32.7 Å². The summed E-state index contributed by atoms with van der Waals surface area (Å²) in [5.74, 6) is -2.23. The lowest BCUT2D eigenvalue weighted by atomic mass is 9.87. The Bertz CT molecular complexity index is 1570. The highest BCUT2D eigenvalue weighted by Crippen LogP contribution is 2.55. The molecule has 0 amide bonds. The van der Waals surface area contributed by atoms with Crippen LogP contribution in [0.25, 0.3) is 5.69 Å². The first-order chi connectivity index (χ1) is 17.1. The number of halogens is 6. The average Bonchev–Trinajstić information content (AvgIpc) is 2.79. The molecule has 1 aliphatic heterocycles. The molecule has 1 aliphatic rings. The molecule has 0 radical (unpaired) electrons. The lowest BCUT2D eigenvalue weighted by molar-refractivity contribution is -0.384. The molecule has 0 spiro atoms. The number of aliphatic imine (C=N–C) groups is 1. The van der Waals surface area contributed by atoms with Crippen molar-refractivity contribution in [2.45, 2.75) is 31.7 Å². The van der Waals surface area contributed by atoms with Gasteiger partial charge < -0.3 is 5.32 Å². The van der Waals surface area contributed by atoms with Crippen molar-refractivity contribution in [2.24, 2.45) is 4.99 Å². The summed E-state index contributed by atoms with van der Waals surface area (Å²) < 4.78 is 86.8. The molecule has 37 heavy (non-hydrogen) atoms. The molecule has 2 aromatic carbocycles. The Kier molecular flexibility index (Phi) is 5.77. The van der Waals surface area contributed by atoms with Gasteiger partial charge in [0.2, 0.25) is 0 Å². The largest absolute Gasteiger partial charge is 0.427 e. The third kappa shape index (κ3) is 3.95. The molecule has 0 saturated heterocycles. The number of nitrogens with zero attached hydrogens (tertiary/aromatic N) is 3. The predicted molar refractivity (Wildman–Crippen MR) is 119 cm³/mol. The second-order valence-electron chi connectivity index (χ2n) is 8.19. The Labute approximate surface area is 202 Å². The van der Waals surface area contributed by atoms with Crippen molar-refractivity contribution in [3.63, 3.8) is 0 Å². The van der Waals surface area contributed by atoms with Crippen LogP contribution >= 0.6 is 0 Å². The van der Waals surface area contributed by atoms with E-state index in [1.165, 1.54) is 23.2 Å². The topological polar surface area (TPSA) is 122 Å². The maximum absolute atomic E-state index is 14.4.